The first-order valence-electron chi connectivity index (χ1n) is 11.7. The zero-order valence-corrected chi connectivity index (χ0v) is 19.6. The Morgan fingerprint density at radius 1 is 0.912 bits per heavy atom. The maximum absolute atomic E-state index is 13.7. The van der Waals surface area contributed by atoms with Crippen LogP contribution in [0.2, 0.25) is 0 Å². The topological polar surface area (TPSA) is 67.2 Å². The summed E-state index contributed by atoms with van der Waals surface area (Å²) in [5.74, 6) is 0.710. The molecule has 0 spiro atoms. The lowest BCUT2D eigenvalue weighted by molar-refractivity contribution is 0.0747. The van der Waals surface area contributed by atoms with Gasteiger partial charge in [-0.25, -0.2) is 14.6 Å². The fourth-order valence-electron chi connectivity index (χ4n) is 4.32. The van der Waals surface area contributed by atoms with Crippen LogP contribution in [0.15, 0.2) is 73.2 Å². The number of piperazine rings is 1. The van der Waals surface area contributed by atoms with Crippen molar-refractivity contribution >= 4 is 11.9 Å². The Labute approximate surface area is 199 Å². The Bertz CT molecular complexity index is 1270. The number of anilines is 1. The second kappa shape index (κ2) is 9.47. The average molecular weight is 453 g/mol. The highest BCUT2D eigenvalue weighted by atomic mass is 16.2. The van der Waals surface area contributed by atoms with Crippen LogP contribution in [-0.4, -0.2) is 56.7 Å². The van der Waals surface area contributed by atoms with Crippen LogP contribution >= 0.6 is 0 Å². The summed E-state index contributed by atoms with van der Waals surface area (Å²) in [6.07, 6.45) is 6.34. The number of para-hydroxylation sites is 1. The number of aryl methyl sites for hydroxylation is 2. The van der Waals surface area contributed by atoms with Crippen molar-refractivity contribution in [2.24, 2.45) is 0 Å². The standard InChI is InChI=1S/C27H28N6O/c1-3-21-9-11-22(12-10-21)25-23(19-33(30-25)24-8-5-4-7-20(24)2)26(34)31-15-17-32(18-16-31)27-28-13-6-14-29-27/h4-14,19H,3,15-18H2,1-2H3. The van der Waals surface area contributed by atoms with Gasteiger partial charge in [-0.2, -0.15) is 5.10 Å². The maximum atomic E-state index is 13.7. The fraction of sp³-hybridized carbons (Fsp3) is 0.259. The van der Waals surface area contributed by atoms with E-state index in [0.29, 0.717) is 43.4 Å². The maximum Gasteiger partial charge on any atom is 0.257 e. The molecule has 0 atom stereocenters. The van der Waals surface area contributed by atoms with E-state index in [9.17, 15) is 4.79 Å². The van der Waals surface area contributed by atoms with Gasteiger partial charge >= 0.3 is 0 Å². The number of carbonyl (C=O) groups excluding carboxylic acids is 1. The lowest BCUT2D eigenvalue weighted by Gasteiger charge is -2.34. The molecule has 7 heteroatoms. The summed E-state index contributed by atoms with van der Waals surface area (Å²) in [6.45, 7) is 6.81. The van der Waals surface area contributed by atoms with E-state index in [1.165, 1.54) is 5.56 Å². The van der Waals surface area contributed by atoms with Crippen LogP contribution in [0.25, 0.3) is 16.9 Å². The lowest BCUT2D eigenvalue weighted by Crippen LogP contribution is -2.49. The number of aromatic nitrogens is 4. The predicted octanol–water partition coefficient (Wildman–Crippen LogP) is 4.16. The molecule has 0 bridgehead atoms. The third-order valence-corrected chi connectivity index (χ3v) is 6.34. The van der Waals surface area contributed by atoms with Crippen molar-refractivity contribution in [3.8, 4) is 16.9 Å². The summed E-state index contributed by atoms with van der Waals surface area (Å²) >= 11 is 0. The molecule has 4 aromatic rings. The molecule has 3 heterocycles. The number of nitrogens with zero attached hydrogens (tertiary/aromatic N) is 6. The molecule has 5 rings (SSSR count). The molecule has 1 aliphatic rings. The van der Waals surface area contributed by atoms with Gasteiger partial charge in [-0.3, -0.25) is 4.79 Å². The Kier molecular flexibility index (Phi) is 6.08. The molecule has 0 radical (unpaired) electrons. The first kappa shape index (κ1) is 21.8. The molecule has 0 N–H and O–H groups in total. The van der Waals surface area contributed by atoms with Gasteiger partial charge in [0.15, 0.2) is 0 Å². The molecule has 7 nitrogen and oxygen atoms in total. The first-order chi connectivity index (χ1) is 16.6. The van der Waals surface area contributed by atoms with Crippen LogP contribution in [-0.2, 0) is 6.42 Å². The summed E-state index contributed by atoms with van der Waals surface area (Å²) in [5.41, 5.74) is 5.62. The third-order valence-electron chi connectivity index (χ3n) is 6.34. The van der Waals surface area contributed by atoms with E-state index in [2.05, 4.69) is 59.0 Å². The number of amides is 1. The molecule has 1 amide bonds. The Morgan fingerprint density at radius 2 is 1.62 bits per heavy atom. The molecule has 0 unspecified atom stereocenters. The van der Waals surface area contributed by atoms with Crippen molar-refractivity contribution in [3.63, 3.8) is 0 Å². The quantitative estimate of drug-likeness (QED) is 0.455. The summed E-state index contributed by atoms with van der Waals surface area (Å²) in [7, 11) is 0. The minimum atomic E-state index is 0.00281. The summed E-state index contributed by atoms with van der Waals surface area (Å²) < 4.78 is 1.83. The number of benzene rings is 2. The van der Waals surface area contributed by atoms with Gasteiger partial charge in [0.2, 0.25) is 5.95 Å². The smallest absolute Gasteiger partial charge is 0.257 e. The number of rotatable bonds is 5. The van der Waals surface area contributed by atoms with E-state index in [1.54, 1.807) is 12.4 Å². The van der Waals surface area contributed by atoms with E-state index >= 15 is 0 Å². The van der Waals surface area contributed by atoms with Gasteiger partial charge in [0, 0.05) is 50.3 Å². The number of carbonyl (C=O) groups is 1. The minimum absolute atomic E-state index is 0.00281. The minimum Gasteiger partial charge on any atom is -0.337 e. The van der Waals surface area contributed by atoms with Crippen molar-refractivity contribution in [2.75, 3.05) is 31.1 Å². The molecule has 1 fully saturated rings. The second-order valence-corrected chi connectivity index (χ2v) is 8.50. The van der Waals surface area contributed by atoms with Gasteiger partial charge in [-0.1, -0.05) is 49.4 Å². The Hall–Kier alpha value is -4.00. The van der Waals surface area contributed by atoms with Crippen molar-refractivity contribution in [1.29, 1.82) is 0 Å². The van der Waals surface area contributed by atoms with Crippen LogP contribution in [0, 0.1) is 6.92 Å². The van der Waals surface area contributed by atoms with E-state index in [-0.39, 0.29) is 5.91 Å². The monoisotopic (exact) mass is 452 g/mol. The van der Waals surface area contributed by atoms with Gasteiger partial charge in [-0.05, 0) is 36.6 Å². The molecule has 1 aliphatic heterocycles. The third kappa shape index (κ3) is 4.29. The molecule has 34 heavy (non-hydrogen) atoms. The van der Waals surface area contributed by atoms with Gasteiger partial charge in [0.25, 0.3) is 5.91 Å². The van der Waals surface area contributed by atoms with Crippen molar-refractivity contribution in [1.82, 2.24) is 24.6 Å². The molecule has 1 saturated heterocycles. The molecule has 0 saturated carbocycles. The van der Waals surface area contributed by atoms with E-state index < -0.39 is 0 Å². The predicted molar refractivity (Wildman–Crippen MR) is 133 cm³/mol. The van der Waals surface area contributed by atoms with E-state index in [4.69, 9.17) is 5.10 Å². The molecular weight excluding hydrogens is 424 g/mol. The van der Waals surface area contributed by atoms with Crippen LogP contribution in [0.5, 0.6) is 0 Å². The molecule has 2 aromatic heterocycles. The summed E-state index contributed by atoms with van der Waals surface area (Å²) in [4.78, 5) is 26.4. The average Bonchev–Trinajstić information content (AvgIpc) is 3.34. The molecule has 0 aliphatic carbocycles. The number of hydrogen-bond donors (Lipinski definition) is 0. The largest absolute Gasteiger partial charge is 0.337 e. The van der Waals surface area contributed by atoms with Crippen LogP contribution in [0.4, 0.5) is 5.95 Å². The highest BCUT2D eigenvalue weighted by Crippen LogP contribution is 2.27. The zero-order valence-electron chi connectivity index (χ0n) is 19.6. The van der Waals surface area contributed by atoms with Crippen molar-refractivity contribution in [3.05, 3.63) is 89.9 Å². The van der Waals surface area contributed by atoms with Crippen LogP contribution in [0.1, 0.15) is 28.4 Å². The van der Waals surface area contributed by atoms with Gasteiger partial charge < -0.3 is 9.80 Å². The van der Waals surface area contributed by atoms with Crippen molar-refractivity contribution in [2.45, 2.75) is 20.3 Å². The van der Waals surface area contributed by atoms with Crippen LogP contribution < -0.4 is 4.90 Å². The van der Waals surface area contributed by atoms with Gasteiger partial charge in [-0.15, -0.1) is 0 Å². The summed E-state index contributed by atoms with van der Waals surface area (Å²) in [5, 5.41) is 4.88. The van der Waals surface area contributed by atoms with Gasteiger partial charge in [0.1, 0.15) is 5.69 Å². The normalized spacial score (nSPS) is 13.8. The highest BCUT2D eigenvalue weighted by molar-refractivity contribution is 6.00. The Balaban J connectivity index is 1.46. The SMILES string of the molecule is CCc1ccc(-c2nn(-c3ccccc3C)cc2C(=O)N2CCN(c3ncccn3)CC2)cc1. The highest BCUT2D eigenvalue weighted by Gasteiger charge is 2.27. The summed E-state index contributed by atoms with van der Waals surface area (Å²) in [6, 6.07) is 18.2. The number of hydrogen-bond acceptors (Lipinski definition) is 5. The van der Waals surface area contributed by atoms with Crippen LogP contribution in [0.3, 0.4) is 0 Å². The molecule has 172 valence electrons. The van der Waals surface area contributed by atoms with Gasteiger partial charge in [0.05, 0.1) is 11.3 Å². The Morgan fingerprint density at radius 3 is 2.29 bits per heavy atom. The van der Waals surface area contributed by atoms with Crippen molar-refractivity contribution < 1.29 is 4.79 Å². The second-order valence-electron chi connectivity index (χ2n) is 8.50. The fourth-order valence-corrected chi connectivity index (χ4v) is 4.32. The van der Waals surface area contributed by atoms with E-state index in [1.807, 2.05) is 40.0 Å². The lowest BCUT2D eigenvalue weighted by atomic mass is 10.0. The van der Waals surface area contributed by atoms with E-state index in [0.717, 1.165) is 23.2 Å². The zero-order chi connectivity index (χ0) is 23.5. The molecular formula is C27H28N6O. The first-order valence-corrected chi connectivity index (χ1v) is 11.7. The molecule has 2 aromatic carbocycles.